The Balaban J connectivity index is 2.12. The van der Waals surface area contributed by atoms with Crippen LogP contribution in [0.15, 0.2) is 35.3 Å². The van der Waals surface area contributed by atoms with Crippen LogP contribution in [-0.2, 0) is 0 Å². The monoisotopic (exact) mass is 300 g/mol. The zero-order valence-electron chi connectivity index (χ0n) is 11.6. The van der Waals surface area contributed by atoms with Crippen molar-refractivity contribution in [3.63, 3.8) is 0 Å². The van der Waals surface area contributed by atoms with E-state index in [1.165, 1.54) is 16.7 Å². The Morgan fingerprint density at radius 3 is 2.68 bits per heavy atom. The molecule has 2 rings (SSSR count). The number of nitrogens with zero attached hydrogens (tertiary/aromatic N) is 1. The average molecular weight is 300 g/mol. The van der Waals surface area contributed by atoms with Crippen molar-refractivity contribution in [3.8, 4) is 5.75 Å². The number of pyridine rings is 2. The van der Waals surface area contributed by atoms with Crippen molar-refractivity contribution in [1.29, 1.82) is 0 Å². The fourth-order valence-corrected chi connectivity index (χ4v) is 1.90. The molecule has 2 aromatic heterocycles. The van der Waals surface area contributed by atoms with E-state index in [2.05, 4.69) is 5.32 Å². The number of aromatic nitrogens is 1. The highest BCUT2D eigenvalue weighted by molar-refractivity contribution is 6.57. The maximum Gasteiger partial charge on any atom is 0.341 e. The SMILES string of the molecule is [B]C(=O)NCCCOc1ccc2ccc(C(=O)O)c(=O)n2c1. The van der Waals surface area contributed by atoms with Crippen LogP contribution in [0.25, 0.3) is 5.52 Å². The van der Waals surface area contributed by atoms with E-state index in [1.54, 1.807) is 18.2 Å². The van der Waals surface area contributed by atoms with Gasteiger partial charge in [0.25, 0.3) is 5.56 Å². The first-order valence-corrected chi connectivity index (χ1v) is 6.54. The van der Waals surface area contributed by atoms with Gasteiger partial charge in [0.2, 0.25) is 0 Å². The molecule has 0 unspecified atom stereocenters. The Hall–Kier alpha value is -2.77. The smallest absolute Gasteiger partial charge is 0.341 e. The zero-order valence-corrected chi connectivity index (χ0v) is 11.6. The summed E-state index contributed by atoms with van der Waals surface area (Å²) in [5.74, 6) is -1.45. The highest BCUT2D eigenvalue weighted by Gasteiger charge is 2.10. The molecule has 1 amide bonds. The minimum absolute atomic E-state index is 0.305. The van der Waals surface area contributed by atoms with Gasteiger partial charge in [-0.3, -0.25) is 14.0 Å². The predicted molar refractivity (Wildman–Crippen MR) is 79.9 cm³/mol. The second kappa shape index (κ2) is 6.79. The Kier molecular flexibility index (Phi) is 4.82. The lowest BCUT2D eigenvalue weighted by molar-refractivity contribution is 0.0694. The highest BCUT2D eigenvalue weighted by atomic mass is 16.5. The molecule has 22 heavy (non-hydrogen) atoms. The van der Waals surface area contributed by atoms with Crippen molar-refractivity contribution in [2.24, 2.45) is 0 Å². The molecule has 0 fully saturated rings. The summed E-state index contributed by atoms with van der Waals surface area (Å²) in [6.07, 6.45) is 1.98. The fourth-order valence-electron chi connectivity index (χ4n) is 1.90. The topological polar surface area (TPSA) is 97.1 Å². The van der Waals surface area contributed by atoms with Gasteiger partial charge in [-0.15, -0.1) is 0 Å². The highest BCUT2D eigenvalue weighted by Crippen LogP contribution is 2.12. The van der Waals surface area contributed by atoms with Gasteiger partial charge in [-0.25, -0.2) is 4.79 Å². The largest absolute Gasteiger partial charge is 0.492 e. The summed E-state index contributed by atoms with van der Waals surface area (Å²) < 4.78 is 6.67. The molecule has 0 spiro atoms. The molecule has 2 heterocycles. The number of fused-ring (bicyclic) bond motifs is 1. The van der Waals surface area contributed by atoms with Crippen LogP contribution in [-0.4, -0.2) is 42.3 Å². The molecule has 8 heteroatoms. The molecule has 0 saturated carbocycles. The summed E-state index contributed by atoms with van der Waals surface area (Å²) in [6.45, 7) is 0.700. The number of amides is 1. The molecule has 0 bridgehead atoms. The number of ether oxygens (including phenoxy) is 1. The summed E-state index contributed by atoms with van der Waals surface area (Å²) in [4.78, 5) is 33.5. The maximum absolute atomic E-state index is 12.0. The molecule has 0 atom stereocenters. The van der Waals surface area contributed by atoms with Gasteiger partial charge >= 0.3 is 5.97 Å². The second-order valence-electron chi connectivity index (χ2n) is 4.51. The van der Waals surface area contributed by atoms with Crippen LogP contribution in [0, 0.1) is 0 Å². The number of nitrogens with one attached hydrogen (secondary N) is 1. The number of carboxylic acid groups (broad SMARTS) is 1. The van der Waals surface area contributed by atoms with Crippen molar-refractivity contribution < 1.29 is 19.4 Å². The van der Waals surface area contributed by atoms with Crippen LogP contribution in [0.4, 0.5) is 4.79 Å². The van der Waals surface area contributed by atoms with Gasteiger partial charge in [-0.2, -0.15) is 0 Å². The Labute approximate surface area is 126 Å². The first-order valence-electron chi connectivity index (χ1n) is 6.54. The number of rotatable bonds is 6. The number of carboxylic acids is 1. The van der Waals surface area contributed by atoms with Crippen molar-refractivity contribution >= 4 is 25.1 Å². The minimum atomic E-state index is -1.27. The minimum Gasteiger partial charge on any atom is -0.492 e. The van der Waals surface area contributed by atoms with Crippen LogP contribution in [0.1, 0.15) is 16.8 Å². The zero-order chi connectivity index (χ0) is 16.1. The third kappa shape index (κ3) is 3.66. The lowest BCUT2D eigenvalue weighted by Gasteiger charge is -2.09. The van der Waals surface area contributed by atoms with Crippen LogP contribution in [0.3, 0.4) is 0 Å². The molecule has 0 aromatic carbocycles. The van der Waals surface area contributed by atoms with E-state index in [-0.39, 0.29) is 5.56 Å². The summed E-state index contributed by atoms with van der Waals surface area (Å²) in [5, 5.41) is 11.4. The molecule has 0 saturated heterocycles. The molecule has 112 valence electrons. The lowest BCUT2D eigenvalue weighted by atomic mass is 10.1. The van der Waals surface area contributed by atoms with Crippen molar-refractivity contribution in [2.45, 2.75) is 6.42 Å². The van der Waals surface area contributed by atoms with E-state index in [1.807, 2.05) is 0 Å². The summed E-state index contributed by atoms with van der Waals surface area (Å²) >= 11 is 0. The Morgan fingerprint density at radius 1 is 1.27 bits per heavy atom. The fraction of sp³-hybridized carbons (Fsp3) is 0.214. The molecule has 2 aromatic rings. The maximum atomic E-state index is 12.0. The van der Waals surface area contributed by atoms with Gasteiger partial charge in [0, 0.05) is 12.1 Å². The van der Waals surface area contributed by atoms with Crippen molar-refractivity contribution in [3.05, 3.63) is 46.4 Å². The summed E-state index contributed by atoms with van der Waals surface area (Å²) in [7, 11) is 4.93. The van der Waals surface area contributed by atoms with E-state index in [0.29, 0.717) is 30.8 Å². The Bertz CT molecular complexity index is 771. The summed E-state index contributed by atoms with van der Waals surface area (Å²) in [6, 6.07) is 6.15. The summed E-state index contributed by atoms with van der Waals surface area (Å²) in [5.41, 5.74) is -0.358. The van der Waals surface area contributed by atoms with Crippen LogP contribution >= 0.6 is 0 Å². The molecule has 2 N–H and O–H groups in total. The predicted octanol–water partition coefficient (Wildman–Crippen LogP) is 0.645. The quantitative estimate of drug-likeness (QED) is 0.603. The van der Waals surface area contributed by atoms with E-state index in [4.69, 9.17) is 17.7 Å². The number of carbonyl (C=O) groups is 2. The average Bonchev–Trinajstić information content (AvgIpc) is 2.47. The Morgan fingerprint density at radius 2 is 2.00 bits per heavy atom. The van der Waals surface area contributed by atoms with Crippen molar-refractivity contribution in [1.82, 2.24) is 9.72 Å². The third-order valence-electron chi connectivity index (χ3n) is 2.94. The molecule has 0 aliphatic heterocycles. The van der Waals surface area contributed by atoms with E-state index >= 15 is 0 Å². The van der Waals surface area contributed by atoms with E-state index in [0.717, 1.165) is 0 Å². The normalized spacial score (nSPS) is 10.4. The number of hydrogen-bond donors (Lipinski definition) is 2. The molecular formula is C14H13BN2O5. The first kappa shape index (κ1) is 15.6. The molecule has 7 nitrogen and oxygen atoms in total. The van der Waals surface area contributed by atoms with Gasteiger partial charge in [0.1, 0.15) is 11.3 Å². The second-order valence-corrected chi connectivity index (χ2v) is 4.51. The third-order valence-corrected chi connectivity index (χ3v) is 2.94. The van der Waals surface area contributed by atoms with E-state index in [9.17, 15) is 14.4 Å². The van der Waals surface area contributed by atoms with Crippen LogP contribution in [0.2, 0.25) is 0 Å². The first-order chi connectivity index (χ1) is 10.5. The van der Waals surface area contributed by atoms with Gasteiger partial charge in [0.05, 0.1) is 12.8 Å². The van der Waals surface area contributed by atoms with Gasteiger partial charge in [-0.05, 0) is 30.7 Å². The lowest BCUT2D eigenvalue weighted by Crippen LogP contribution is -2.24. The molecular weight excluding hydrogens is 287 g/mol. The molecule has 0 aliphatic carbocycles. The van der Waals surface area contributed by atoms with Crippen LogP contribution in [0.5, 0.6) is 5.75 Å². The molecule has 0 aliphatic rings. The van der Waals surface area contributed by atoms with Crippen LogP contribution < -0.4 is 15.6 Å². The van der Waals surface area contributed by atoms with Crippen molar-refractivity contribution in [2.75, 3.05) is 13.2 Å². The number of hydrogen-bond acceptors (Lipinski definition) is 4. The van der Waals surface area contributed by atoms with Gasteiger partial charge in [-0.1, -0.05) is 0 Å². The number of aromatic carboxylic acids is 1. The van der Waals surface area contributed by atoms with Gasteiger partial charge in [0.15, 0.2) is 13.7 Å². The molecule has 2 radical (unpaired) electrons. The standard InChI is InChI=1S/C14H13BN2O5/c15-14(21)16-6-1-7-22-10-4-2-9-3-5-11(13(19)20)12(18)17(9)8-10/h2-5,8H,1,6-7H2,(H,16,21)(H,19,20). The van der Waals surface area contributed by atoms with E-state index < -0.39 is 17.3 Å². The van der Waals surface area contributed by atoms with Gasteiger partial charge < -0.3 is 15.2 Å². The number of carbonyl (C=O) groups excluding carboxylic acids is 1.